The Morgan fingerprint density at radius 1 is 0.933 bits per heavy atom. The highest BCUT2D eigenvalue weighted by atomic mass is 16.6. The molecule has 1 saturated carbocycles. The van der Waals surface area contributed by atoms with Crippen LogP contribution < -0.4 is 16.4 Å². The molecule has 12 nitrogen and oxygen atoms in total. The van der Waals surface area contributed by atoms with Gasteiger partial charge in [-0.25, -0.2) is 14.4 Å². The maximum Gasteiger partial charge on any atom is 0.417 e. The molecule has 3 N–H and O–H groups in total. The van der Waals surface area contributed by atoms with E-state index >= 15 is 0 Å². The van der Waals surface area contributed by atoms with Crippen molar-refractivity contribution >= 4 is 34.8 Å². The quantitative estimate of drug-likeness (QED) is 0.397. The highest BCUT2D eigenvalue weighted by molar-refractivity contribution is 5.89. The van der Waals surface area contributed by atoms with Gasteiger partial charge in [0.15, 0.2) is 5.58 Å². The number of hydrogen-bond donors (Lipinski definition) is 3. The van der Waals surface area contributed by atoms with Crippen molar-refractivity contribution in [3.8, 4) is 0 Å². The number of urea groups is 1. The first-order chi connectivity index (χ1) is 21.9. The third kappa shape index (κ3) is 6.03. The van der Waals surface area contributed by atoms with Crippen LogP contribution in [0.4, 0.5) is 15.3 Å². The zero-order valence-electron chi connectivity index (χ0n) is 25.4. The molecule has 1 atom stereocenters. The zero-order valence-corrected chi connectivity index (χ0v) is 25.4. The summed E-state index contributed by atoms with van der Waals surface area (Å²) in [7, 11) is 0. The van der Waals surface area contributed by atoms with Crippen LogP contribution in [0.2, 0.25) is 0 Å². The zero-order chi connectivity index (χ0) is 31.0. The molecule has 0 bridgehead atoms. The molecule has 2 aromatic carbocycles. The molecular weight excluding hydrogens is 576 g/mol. The van der Waals surface area contributed by atoms with Gasteiger partial charge in [-0.2, -0.15) is 0 Å². The molecule has 0 unspecified atom stereocenters. The highest BCUT2D eigenvalue weighted by Gasteiger charge is 2.45. The number of carbonyl (C=O) groups is 3. The summed E-state index contributed by atoms with van der Waals surface area (Å²) in [5.41, 5.74) is 2.62. The number of fused-ring (bicyclic) bond motifs is 3. The number of nitrogens with one attached hydrogen (secondary N) is 3. The normalized spacial score (nSPS) is 21.2. The minimum absolute atomic E-state index is 0.114. The first-order valence-electron chi connectivity index (χ1n) is 16.2. The second-order valence-electron chi connectivity index (χ2n) is 12.7. The predicted molar refractivity (Wildman–Crippen MR) is 167 cm³/mol. The van der Waals surface area contributed by atoms with Crippen molar-refractivity contribution in [3.05, 3.63) is 64.1 Å². The fourth-order valence-corrected chi connectivity index (χ4v) is 7.57. The molecule has 7 rings (SSSR count). The van der Waals surface area contributed by atoms with Gasteiger partial charge in [0.25, 0.3) is 0 Å². The lowest BCUT2D eigenvalue weighted by atomic mass is 9.82. The van der Waals surface area contributed by atoms with Crippen LogP contribution in [0.15, 0.2) is 51.7 Å². The molecule has 4 amide bonds. The lowest BCUT2D eigenvalue weighted by molar-refractivity contribution is -0.135. The lowest BCUT2D eigenvalue weighted by Crippen LogP contribution is -2.59. The van der Waals surface area contributed by atoms with E-state index in [0.717, 1.165) is 29.9 Å². The fourth-order valence-electron chi connectivity index (χ4n) is 7.57. The third-order valence-electron chi connectivity index (χ3n) is 10.0. The molecule has 3 fully saturated rings. The monoisotopic (exact) mass is 616 g/mol. The molecule has 1 aliphatic carbocycles. The van der Waals surface area contributed by atoms with Crippen molar-refractivity contribution in [2.24, 2.45) is 0 Å². The molecule has 3 aromatic rings. The third-order valence-corrected chi connectivity index (χ3v) is 10.0. The Bertz CT molecular complexity index is 1630. The molecule has 45 heavy (non-hydrogen) atoms. The number of piperazine rings is 1. The summed E-state index contributed by atoms with van der Waals surface area (Å²) in [4.78, 5) is 60.5. The van der Waals surface area contributed by atoms with Gasteiger partial charge in [0.2, 0.25) is 5.91 Å². The van der Waals surface area contributed by atoms with Gasteiger partial charge in [0.1, 0.15) is 11.6 Å². The minimum atomic E-state index is -0.796. The van der Waals surface area contributed by atoms with E-state index in [1.807, 2.05) is 35.2 Å². The van der Waals surface area contributed by atoms with Crippen LogP contribution in [0.5, 0.6) is 0 Å². The van der Waals surface area contributed by atoms with Crippen LogP contribution in [-0.2, 0) is 21.6 Å². The molecule has 1 spiro atoms. The highest BCUT2D eigenvalue weighted by Crippen LogP contribution is 2.43. The number of carbonyl (C=O) groups excluding carboxylic acids is 3. The van der Waals surface area contributed by atoms with Crippen molar-refractivity contribution in [1.29, 1.82) is 0 Å². The van der Waals surface area contributed by atoms with Crippen molar-refractivity contribution in [2.45, 2.75) is 69.1 Å². The van der Waals surface area contributed by atoms with Crippen LogP contribution in [-0.4, -0.2) is 89.1 Å². The average molecular weight is 617 g/mol. The largest absolute Gasteiger partial charge is 0.438 e. The average Bonchev–Trinajstić information content (AvgIpc) is 3.44. The van der Waals surface area contributed by atoms with Crippen LogP contribution in [0.25, 0.3) is 11.1 Å². The number of oxazole rings is 1. The molecule has 3 aliphatic heterocycles. The Labute approximate surface area is 261 Å². The number of likely N-dealkylation sites (tertiary alicyclic amines) is 1. The number of benzene rings is 2. The van der Waals surface area contributed by atoms with E-state index in [9.17, 15) is 19.2 Å². The Kier molecular flexibility index (Phi) is 7.99. The van der Waals surface area contributed by atoms with Crippen molar-refractivity contribution in [2.75, 3.05) is 44.6 Å². The van der Waals surface area contributed by atoms with Gasteiger partial charge in [0.05, 0.1) is 11.2 Å². The molecule has 0 radical (unpaired) electrons. The smallest absolute Gasteiger partial charge is 0.417 e. The van der Waals surface area contributed by atoms with Gasteiger partial charge in [-0.1, -0.05) is 43.5 Å². The number of aromatic amines is 1. The number of H-pyrrole nitrogens is 1. The number of amides is 4. The summed E-state index contributed by atoms with van der Waals surface area (Å²) in [5, 5.41) is 5.81. The standard InChI is InChI=1S/C33H40N6O6/c40-29(38-18-16-37(17-19-38)23-6-2-1-3-7-23)27(20-22-10-11-26-28(21-22)44-31(42)36-26)34-30(41)39-14-12-33(13-15-39)24-8-4-5-9-25(24)35-32(43)45-33/h4-5,8-11,21,23,27H,1-3,6-7,12-20H2,(H,34,41)(H,35,43)(H,36,42)/t27-/m1/s1. The maximum atomic E-state index is 14.0. The van der Waals surface area contributed by atoms with E-state index < -0.39 is 23.5 Å². The summed E-state index contributed by atoms with van der Waals surface area (Å²) in [5.74, 6) is -0.652. The van der Waals surface area contributed by atoms with E-state index in [2.05, 4.69) is 20.5 Å². The summed E-state index contributed by atoms with van der Waals surface area (Å²) in [6, 6.07) is 12.4. The van der Waals surface area contributed by atoms with E-state index in [4.69, 9.17) is 9.15 Å². The summed E-state index contributed by atoms with van der Waals surface area (Å²) in [6.07, 6.45) is 6.97. The van der Waals surface area contributed by atoms with Gasteiger partial charge in [-0.05, 0) is 36.6 Å². The van der Waals surface area contributed by atoms with Gasteiger partial charge in [-0.15, -0.1) is 0 Å². The fraction of sp³-hybridized carbons (Fsp3) is 0.515. The Hall–Kier alpha value is -4.32. The van der Waals surface area contributed by atoms with Crippen LogP contribution in [0.1, 0.15) is 56.1 Å². The Balaban J connectivity index is 1.05. The van der Waals surface area contributed by atoms with E-state index in [1.54, 1.807) is 17.0 Å². The molecule has 1 aromatic heterocycles. The molecule has 12 heteroatoms. The molecule has 4 heterocycles. The number of anilines is 1. The van der Waals surface area contributed by atoms with Gasteiger partial charge < -0.3 is 24.3 Å². The number of aromatic nitrogens is 1. The number of para-hydroxylation sites is 1. The molecule has 238 valence electrons. The van der Waals surface area contributed by atoms with Gasteiger partial charge in [-0.3, -0.25) is 20.0 Å². The number of piperidine rings is 1. The number of hydrogen-bond acceptors (Lipinski definition) is 7. The van der Waals surface area contributed by atoms with Crippen LogP contribution in [0.3, 0.4) is 0 Å². The number of nitrogens with zero attached hydrogens (tertiary/aromatic N) is 3. The first-order valence-corrected chi connectivity index (χ1v) is 16.2. The molecular formula is C33H40N6O6. The van der Waals surface area contributed by atoms with E-state index in [0.29, 0.717) is 56.2 Å². The van der Waals surface area contributed by atoms with Crippen molar-refractivity contribution in [1.82, 2.24) is 25.0 Å². The van der Waals surface area contributed by atoms with Crippen LogP contribution in [0, 0.1) is 0 Å². The number of rotatable bonds is 5. The van der Waals surface area contributed by atoms with Crippen LogP contribution >= 0.6 is 0 Å². The predicted octanol–water partition coefficient (Wildman–Crippen LogP) is 3.77. The Morgan fingerprint density at radius 2 is 1.69 bits per heavy atom. The maximum absolute atomic E-state index is 14.0. The van der Waals surface area contributed by atoms with E-state index in [1.165, 1.54) is 32.1 Å². The SMILES string of the molecule is O=C1Nc2ccccc2C2(CCN(C(=O)N[C@H](Cc3ccc4[nH]c(=O)oc4c3)C(=O)N3CCN(C4CCCCC4)CC3)CC2)O1. The molecule has 4 aliphatic rings. The summed E-state index contributed by atoms with van der Waals surface area (Å²) >= 11 is 0. The second kappa shape index (κ2) is 12.2. The minimum Gasteiger partial charge on any atom is -0.438 e. The molecule has 2 saturated heterocycles. The lowest BCUT2D eigenvalue weighted by Gasteiger charge is -2.44. The Morgan fingerprint density at radius 3 is 2.47 bits per heavy atom. The van der Waals surface area contributed by atoms with Gasteiger partial charge >= 0.3 is 17.9 Å². The van der Waals surface area contributed by atoms with Gasteiger partial charge in [0, 0.05) is 70.1 Å². The number of ether oxygens (including phenoxy) is 1. The first kappa shape index (κ1) is 29.4. The summed E-state index contributed by atoms with van der Waals surface area (Å²) < 4.78 is 11.1. The summed E-state index contributed by atoms with van der Waals surface area (Å²) in [6.45, 7) is 3.66. The van der Waals surface area contributed by atoms with Crippen molar-refractivity contribution < 1.29 is 23.5 Å². The topological polar surface area (TPSA) is 140 Å². The van der Waals surface area contributed by atoms with E-state index in [-0.39, 0.29) is 18.4 Å². The van der Waals surface area contributed by atoms with Crippen molar-refractivity contribution in [3.63, 3.8) is 0 Å². The second-order valence-corrected chi connectivity index (χ2v) is 12.7.